The molecule has 12 heavy (non-hydrogen) atoms. The van der Waals surface area contributed by atoms with E-state index in [2.05, 4.69) is 6.92 Å². The van der Waals surface area contributed by atoms with E-state index in [0.717, 1.165) is 6.61 Å². The zero-order valence-corrected chi connectivity index (χ0v) is 10.6. The molecule has 0 amide bonds. The summed E-state index contributed by atoms with van der Waals surface area (Å²) in [5.74, 6) is 0. The van der Waals surface area contributed by atoms with Crippen molar-refractivity contribution < 1.29 is 29.8 Å². The molecule has 1 heterocycles. The van der Waals surface area contributed by atoms with Gasteiger partial charge in [-0.05, 0) is 25.3 Å². The van der Waals surface area contributed by atoms with E-state index < -0.39 is 21.6 Å². The van der Waals surface area contributed by atoms with Gasteiger partial charge in [-0.25, -0.2) is 0 Å². The van der Waals surface area contributed by atoms with E-state index in [0.29, 0.717) is 0 Å². The van der Waals surface area contributed by atoms with Crippen LogP contribution >= 0.6 is 0 Å². The molecule has 0 aromatic rings. The van der Waals surface area contributed by atoms with Crippen LogP contribution in [0.15, 0.2) is 11.8 Å². The number of hydrogen-bond acceptors (Lipinski definition) is 2. The molecule has 0 bridgehead atoms. The number of alkyl halides is 1. The fourth-order valence-electron chi connectivity index (χ4n) is 0.694. The molecule has 0 saturated heterocycles. The van der Waals surface area contributed by atoms with Gasteiger partial charge in [0.25, 0.3) is 0 Å². The first kappa shape index (κ1) is 14.7. The molecule has 76 valence electrons. The van der Waals surface area contributed by atoms with Gasteiger partial charge >= 0.3 is 30.0 Å². The van der Waals surface area contributed by atoms with Crippen LogP contribution in [0.25, 0.3) is 0 Å². The van der Waals surface area contributed by atoms with E-state index in [1.807, 2.05) is 20.1 Å². The van der Waals surface area contributed by atoms with Crippen molar-refractivity contribution in [2.45, 2.75) is 33.6 Å². The van der Waals surface area contributed by atoms with Crippen molar-refractivity contribution in [2.75, 3.05) is 11.5 Å². The monoisotopic (exact) mass is 287 g/mol. The summed E-state index contributed by atoms with van der Waals surface area (Å²) in [7, 11) is 0. The molecule has 0 radical (unpaired) electrons. The maximum atomic E-state index is 7.68. The Kier molecular flexibility index (Phi) is 16.9. The standard InChI is InChI=1S/C6H10O.C2H6.CH4IO/c1-6-3-2-4-7-5-6;1-2;1-2-3/h5H,2-4H2,1H3;1-2H3;3H,1H3/q;;-1. The first-order chi connectivity index (χ1) is 5.81. The Labute approximate surface area is 86.8 Å². The van der Waals surface area contributed by atoms with Gasteiger partial charge < -0.3 is 4.74 Å². The van der Waals surface area contributed by atoms with E-state index in [4.69, 9.17) is 8.17 Å². The van der Waals surface area contributed by atoms with Crippen LogP contribution in [0.3, 0.4) is 0 Å². The van der Waals surface area contributed by atoms with Crippen LogP contribution in [0, 0.1) is 0 Å². The van der Waals surface area contributed by atoms with Crippen LogP contribution in [0.1, 0.15) is 33.6 Å². The first-order valence-corrected chi connectivity index (χ1v) is 7.34. The summed E-state index contributed by atoms with van der Waals surface area (Å²) >= 11 is -0.410. The third-order valence-corrected chi connectivity index (χ3v) is 1.12. The fraction of sp³-hybridized carbons (Fsp3) is 0.778. The van der Waals surface area contributed by atoms with Gasteiger partial charge in [0, 0.05) is 0 Å². The van der Waals surface area contributed by atoms with Gasteiger partial charge in [0.05, 0.1) is 12.9 Å². The molecule has 2 nitrogen and oxygen atoms in total. The number of allylic oxidation sites excluding steroid dienone is 1. The minimum absolute atomic E-state index is 0.410. The van der Waals surface area contributed by atoms with Crippen molar-refractivity contribution in [3.8, 4) is 0 Å². The molecule has 0 aliphatic carbocycles. The number of hydrogen-bond donors (Lipinski definition) is 1. The van der Waals surface area contributed by atoms with Crippen LogP contribution in [0.2, 0.25) is 0 Å². The van der Waals surface area contributed by atoms with Crippen molar-refractivity contribution in [3.63, 3.8) is 0 Å². The van der Waals surface area contributed by atoms with Gasteiger partial charge in [-0.1, -0.05) is 13.8 Å². The van der Waals surface area contributed by atoms with Gasteiger partial charge in [-0.15, -0.1) is 0 Å². The molecule has 0 fully saturated rings. The molecular weight excluding hydrogens is 267 g/mol. The summed E-state index contributed by atoms with van der Waals surface area (Å²) in [6.45, 7) is 7.01. The predicted molar refractivity (Wildman–Crippen MR) is 48.4 cm³/mol. The molecule has 0 aromatic carbocycles. The molecule has 0 saturated carbocycles. The normalized spacial score (nSPS) is 14.2. The summed E-state index contributed by atoms with van der Waals surface area (Å²) in [5, 5.41) is 0. The SMILES string of the molecule is CC.CC1=COCCC1.C[I-]O. The number of ether oxygens (including phenoxy) is 1. The quantitative estimate of drug-likeness (QED) is 0.473. The average Bonchev–Trinajstić information content (AvgIpc) is 2.11. The molecule has 1 aliphatic rings. The summed E-state index contributed by atoms with van der Waals surface area (Å²) in [5.41, 5.74) is 1.37. The van der Waals surface area contributed by atoms with Gasteiger partial charge in [0.15, 0.2) is 0 Å². The maximum absolute atomic E-state index is 7.68. The van der Waals surface area contributed by atoms with E-state index in [9.17, 15) is 0 Å². The van der Waals surface area contributed by atoms with Crippen molar-refractivity contribution in [1.82, 2.24) is 0 Å². The molecule has 0 atom stereocenters. The van der Waals surface area contributed by atoms with Crippen molar-refractivity contribution in [3.05, 3.63) is 11.8 Å². The van der Waals surface area contributed by atoms with Gasteiger partial charge in [0.1, 0.15) is 0 Å². The second-order valence-electron chi connectivity index (χ2n) is 2.11. The number of halogens is 1. The second-order valence-corrected chi connectivity index (χ2v) is 3.07. The molecule has 1 aliphatic heterocycles. The third kappa shape index (κ3) is 12.9. The van der Waals surface area contributed by atoms with Crippen molar-refractivity contribution >= 4 is 0 Å². The zero-order valence-electron chi connectivity index (χ0n) is 8.43. The zero-order chi connectivity index (χ0) is 9.82. The molecule has 0 unspecified atom stereocenters. The van der Waals surface area contributed by atoms with Crippen LogP contribution in [0.5, 0.6) is 0 Å². The van der Waals surface area contributed by atoms with E-state index in [1.54, 1.807) is 4.93 Å². The molecule has 0 spiro atoms. The molecule has 1 rings (SSSR count). The average molecular weight is 287 g/mol. The van der Waals surface area contributed by atoms with E-state index in [1.165, 1.54) is 18.4 Å². The van der Waals surface area contributed by atoms with E-state index in [-0.39, 0.29) is 0 Å². The Morgan fingerprint density at radius 2 is 2.00 bits per heavy atom. The summed E-state index contributed by atoms with van der Waals surface area (Å²) in [4.78, 5) is 1.79. The van der Waals surface area contributed by atoms with Gasteiger partial charge in [-0.3, -0.25) is 0 Å². The van der Waals surface area contributed by atoms with Gasteiger partial charge in [-0.2, -0.15) is 0 Å². The van der Waals surface area contributed by atoms with Crippen LogP contribution in [0.4, 0.5) is 0 Å². The number of rotatable bonds is 0. The Bertz CT molecular complexity index is 103. The summed E-state index contributed by atoms with van der Waals surface area (Å²) in [6.07, 6.45) is 4.27. The molecule has 1 N–H and O–H groups in total. The fourth-order valence-corrected chi connectivity index (χ4v) is 0.694. The van der Waals surface area contributed by atoms with Crippen LogP contribution < -0.4 is 21.6 Å². The van der Waals surface area contributed by atoms with Gasteiger partial charge in [0.2, 0.25) is 0 Å². The Hall–Kier alpha value is 0.230. The Morgan fingerprint density at radius 3 is 2.17 bits per heavy atom. The summed E-state index contributed by atoms with van der Waals surface area (Å²) < 4.78 is 12.7. The topological polar surface area (TPSA) is 29.5 Å². The van der Waals surface area contributed by atoms with Crippen LogP contribution in [-0.4, -0.2) is 15.0 Å². The second kappa shape index (κ2) is 13.8. The Morgan fingerprint density at radius 1 is 1.50 bits per heavy atom. The van der Waals surface area contributed by atoms with Crippen LogP contribution in [-0.2, 0) is 4.74 Å². The Balaban J connectivity index is 0. The van der Waals surface area contributed by atoms with Crippen molar-refractivity contribution in [1.29, 1.82) is 0 Å². The van der Waals surface area contributed by atoms with E-state index >= 15 is 0 Å². The summed E-state index contributed by atoms with van der Waals surface area (Å²) in [6, 6.07) is 0. The third-order valence-electron chi connectivity index (χ3n) is 1.12. The molecule has 3 heteroatoms. The molecule has 0 aromatic heterocycles. The van der Waals surface area contributed by atoms with Crippen molar-refractivity contribution in [2.24, 2.45) is 0 Å². The molecular formula is C9H20IO2-. The predicted octanol–water partition coefficient (Wildman–Crippen LogP) is -0.661. The first-order valence-electron chi connectivity index (χ1n) is 4.21. The minimum atomic E-state index is -0.410.